The lowest BCUT2D eigenvalue weighted by Crippen LogP contribution is -2.26. The Balaban J connectivity index is 2.11. The number of anilines is 1. The number of nitrogens with zero attached hydrogens (tertiary/aromatic N) is 2. The van der Waals surface area contributed by atoms with Crippen molar-refractivity contribution < 1.29 is 4.79 Å². The largest absolute Gasteiger partial charge is 0.399 e. The molecule has 0 bridgehead atoms. The van der Waals surface area contributed by atoms with Crippen LogP contribution < -0.4 is 5.73 Å². The summed E-state index contributed by atoms with van der Waals surface area (Å²) in [5.74, 6) is -0.0765. The molecule has 0 saturated heterocycles. The first-order chi connectivity index (χ1) is 9.60. The third kappa shape index (κ3) is 3.15. The van der Waals surface area contributed by atoms with Crippen LogP contribution in [0.1, 0.15) is 21.5 Å². The monoisotopic (exact) mass is 265 g/mol. The summed E-state index contributed by atoms with van der Waals surface area (Å²) < 4.78 is 0. The predicted octanol–water partition coefficient (Wildman–Crippen LogP) is 2.41. The van der Waals surface area contributed by atoms with Crippen LogP contribution in [-0.4, -0.2) is 17.9 Å². The Hall–Kier alpha value is -2.80. The second kappa shape index (κ2) is 5.89. The van der Waals surface area contributed by atoms with Crippen LogP contribution in [0.5, 0.6) is 0 Å². The average molecular weight is 265 g/mol. The number of amides is 1. The third-order valence-electron chi connectivity index (χ3n) is 2.98. The van der Waals surface area contributed by atoms with E-state index in [-0.39, 0.29) is 5.91 Å². The minimum absolute atomic E-state index is 0.0765. The summed E-state index contributed by atoms with van der Waals surface area (Å²) in [6, 6.07) is 16.2. The maximum Gasteiger partial charge on any atom is 0.253 e. The molecule has 0 fully saturated rings. The number of nitrogens with two attached hydrogens (primary N) is 1. The van der Waals surface area contributed by atoms with Gasteiger partial charge in [-0.15, -0.1) is 0 Å². The summed E-state index contributed by atoms with van der Waals surface area (Å²) in [6.45, 7) is 0.457. The molecule has 0 unspecified atom stereocenters. The number of nitrogen functional groups attached to an aromatic ring is 1. The molecule has 0 aliphatic carbocycles. The van der Waals surface area contributed by atoms with Crippen LogP contribution in [0, 0.1) is 11.3 Å². The Morgan fingerprint density at radius 1 is 1.25 bits per heavy atom. The van der Waals surface area contributed by atoms with Gasteiger partial charge in [0.05, 0.1) is 11.6 Å². The zero-order valence-electron chi connectivity index (χ0n) is 11.2. The highest BCUT2D eigenvalue weighted by Gasteiger charge is 2.11. The van der Waals surface area contributed by atoms with E-state index in [9.17, 15) is 4.79 Å². The van der Waals surface area contributed by atoms with Crippen LogP contribution in [0.15, 0.2) is 48.5 Å². The Bertz CT molecular complexity index is 656. The van der Waals surface area contributed by atoms with Gasteiger partial charge in [0.2, 0.25) is 0 Å². The van der Waals surface area contributed by atoms with E-state index >= 15 is 0 Å². The quantitative estimate of drug-likeness (QED) is 0.866. The second-order valence-electron chi connectivity index (χ2n) is 4.60. The van der Waals surface area contributed by atoms with Crippen LogP contribution in [-0.2, 0) is 6.54 Å². The molecule has 0 saturated carbocycles. The molecule has 4 heteroatoms. The van der Waals surface area contributed by atoms with Gasteiger partial charge in [-0.25, -0.2) is 0 Å². The standard InChI is InChI=1S/C16H15N3O/c1-19(11-13-4-2-3-12(9-13)10-17)16(20)14-5-7-15(18)8-6-14/h2-9H,11,18H2,1H3. The van der Waals surface area contributed by atoms with Gasteiger partial charge in [0, 0.05) is 24.8 Å². The van der Waals surface area contributed by atoms with Crippen molar-refractivity contribution in [1.29, 1.82) is 5.26 Å². The Morgan fingerprint density at radius 2 is 1.95 bits per heavy atom. The van der Waals surface area contributed by atoms with E-state index in [1.807, 2.05) is 12.1 Å². The number of benzene rings is 2. The number of rotatable bonds is 3. The average Bonchev–Trinajstić information content (AvgIpc) is 2.47. The molecule has 0 aliphatic heterocycles. The Kier molecular flexibility index (Phi) is 4.02. The summed E-state index contributed by atoms with van der Waals surface area (Å²) in [4.78, 5) is 13.8. The smallest absolute Gasteiger partial charge is 0.253 e. The minimum Gasteiger partial charge on any atom is -0.399 e. The van der Waals surface area contributed by atoms with Gasteiger partial charge >= 0.3 is 0 Å². The van der Waals surface area contributed by atoms with Crippen LogP contribution in [0.25, 0.3) is 0 Å². The number of nitriles is 1. The van der Waals surface area contributed by atoms with Crippen molar-refractivity contribution in [2.75, 3.05) is 12.8 Å². The van der Waals surface area contributed by atoms with Gasteiger partial charge in [-0.05, 0) is 42.0 Å². The van der Waals surface area contributed by atoms with Gasteiger partial charge in [-0.1, -0.05) is 12.1 Å². The molecule has 0 aromatic heterocycles. The summed E-state index contributed by atoms with van der Waals surface area (Å²) in [6.07, 6.45) is 0. The zero-order valence-corrected chi connectivity index (χ0v) is 11.2. The fraction of sp³-hybridized carbons (Fsp3) is 0.125. The zero-order chi connectivity index (χ0) is 14.5. The molecule has 0 aliphatic rings. The molecule has 2 aromatic rings. The van der Waals surface area contributed by atoms with E-state index in [2.05, 4.69) is 6.07 Å². The van der Waals surface area contributed by atoms with E-state index in [0.717, 1.165) is 5.56 Å². The fourth-order valence-corrected chi connectivity index (χ4v) is 1.93. The van der Waals surface area contributed by atoms with Crippen LogP contribution in [0.2, 0.25) is 0 Å². The molecule has 0 spiro atoms. The first-order valence-corrected chi connectivity index (χ1v) is 6.20. The van der Waals surface area contributed by atoms with Crippen molar-refractivity contribution in [3.63, 3.8) is 0 Å². The molecule has 0 atom stereocenters. The lowest BCUT2D eigenvalue weighted by Gasteiger charge is -2.17. The van der Waals surface area contributed by atoms with Crippen molar-refractivity contribution in [1.82, 2.24) is 4.90 Å². The van der Waals surface area contributed by atoms with Crippen molar-refractivity contribution in [3.05, 3.63) is 65.2 Å². The Labute approximate surface area is 118 Å². The molecule has 0 radical (unpaired) electrons. The first kappa shape index (κ1) is 13.6. The molecule has 2 N–H and O–H groups in total. The molecule has 0 heterocycles. The molecule has 1 amide bonds. The van der Waals surface area contributed by atoms with E-state index < -0.39 is 0 Å². The van der Waals surface area contributed by atoms with E-state index in [4.69, 9.17) is 11.0 Å². The van der Waals surface area contributed by atoms with Gasteiger partial charge in [0.1, 0.15) is 0 Å². The minimum atomic E-state index is -0.0765. The summed E-state index contributed by atoms with van der Waals surface area (Å²) in [5, 5.41) is 8.87. The van der Waals surface area contributed by atoms with Crippen LogP contribution >= 0.6 is 0 Å². The topological polar surface area (TPSA) is 70.1 Å². The van der Waals surface area contributed by atoms with Gasteiger partial charge in [0.25, 0.3) is 5.91 Å². The van der Waals surface area contributed by atoms with Crippen LogP contribution in [0.4, 0.5) is 5.69 Å². The summed E-state index contributed by atoms with van der Waals surface area (Å²) in [5.41, 5.74) is 8.35. The lowest BCUT2D eigenvalue weighted by atomic mass is 10.1. The van der Waals surface area contributed by atoms with Gasteiger partial charge in [-0.3, -0.25) is 4.79 Å². The maximum atomic E-state index is 12.2. The van der Waals surface area contributed by atoms with Gasteiger partial charge in [-0.2, -0.15) is 5.26 Å². The maximum absolute atomic E-state index is 12.2. The normalized spacial score (nSPS) is 9.80. The SMILES string of the molecule is CN(Cc1cccc(C#N)c1)C(=O)c1ccc(N)cc1. The molecule has 4 nitrogen and oxygen atoms in total. The highest BCUT2D eigenvalue weighted by atomic mass is 16.2. The van der Waals surface area contributed by atoms with Crippen molar-refractivity contribution >= 4 is 11.6 Å². The third-order valence-corrected chi connectivity index (χ3v) is 2.98. The van der Waals surface area contributed by atoms with E-state index in [1.54, 1.807) is 48.3 Å². The van der Waals surface area contributed by atoms with Crippen molar-refractivity contribution in [2.45, 2.75) is 6.54 Å². The lowest BCUT2D eigenvalue weighted by molar-refractivity contribution is 0.0785. The van der Waals surface area contributed by atoms with Crippen molar-refractivity contribution in [2.24, 2.45) is 0 Å². The number of hydrogen-bond donors (Lipinski definition) is 1. The number of carbonyl (C=O) groups excluding carboxylic acids is 1. The second-order valence-corrected chi connectivity index (χ2v) is 4.60. The fourth-order valence-electron chi connectivity index (χ4n) is 1.93. The molecule has 2 rings (SSSR count). The summed E-state index contributed by atoms with van der Waals surface area (Å²) >= 11 is 0. The molecule has 2 aromatic carbocycles. The Morgan fingerprint density at radius 3 is 2.60 bits per heavy atom. The van der Waals surface area contributed by atoms with E-state index in [0.29, 0.717) is 23.4 Å². The highest BCUT2D eigenvalue weighted by molar-refractivity contribution is 5.94. The van der Waals surface area contributed by atoms with E-state index in [1.165, 1.54) is 0 Å². The van der Waals surface area contributed by atoms with Gasteiger partial charge in [0.15, 0.2) is 0 Å². The van der Waals surface area contributed by atoms with Crippen LogP contribution in [0.3, 0.4) is 0 Å². The van der Waals surface area contributed by atoms with Crippen molar-refractivity contribution in [3.8, 4) is 6.07 Å². The highest BCUT2D eigenvalue weighted by Crippen LogP contribution is 2.11. The molecular formula is C16H15N3O. The first-order valence-electron chi connectivity index (χ1n) is 6.20. The van der Waals surface area contributed by atoms with Gasteiger partial charge < -0.3 is 10.6 Å². The molecular weight excluding hydrogens is 250 g/mol. The molecule has 20 heavy (non-hydrogen) atoms. The molecule has 100 valence electrons. The predicted molar refractivity (Wildman–Crippen MR) is 77.8 cm³/mol. The summed E-state index contributed by atoms with van der Waals surface area (Å²) in [7, 11) is 1.73. The number of carbonyl (C=O) groups is 1. The number of hydrogen-bond acceptors (Lipinski definition) is 3.